The highest BCUT2D eigenvalue weighted by molar-refractivity contribution is 5.97. The zero-order chi connectivity index (χ0) is 26.4. The van der Waals surface area contributed by atoms with E-state index in [9.17, 15) is 9.59 Å². The SMILES string of the molecule is O=C(CCCc1ccccc1)NC(COCc1ccccc1)C(=O)Nc1ccc(Oc2ccccc2)cc1. The van der Waals surface area contributed by atoms with Crippen molar-refractivity contribution in [1.82, 2.24) is 5.32 Å². The average molecular weight is 509 g/mol. The van der Waals surface area contributed by atoms with Gasteiger partial charge < -0.3 is 20.1 Å². The molecule has 194 valence electrons. The van der Waals surface area contributed by atoms with Gasteiger partial charge in [-0.25, -0.2) is 0 Å². The molecule has 0 aliphatic rings. The number of rotatable bonds is 13. The zero-order valence-electron chi connectivity index (χ0n) is 21.2. The number of ether oxygens (including phenoxy) is 2. The Labute approximate surface area is 223 Å². The molecule has 4 rings (SSSR count). The van der Waals surface area contributed by atoms with E-state index in [1.54, 1.807) is 24.3 Å². The molecule has 4 aromatic carbocycles. The molecule has 0 heterocycles. The first kappa shape index (κ1) is 26.6. The third-order valence-electron chi connectivity index (χ3n) is 5.86. The van der Waals surface area contributed by atoms with E-state index in [1.807, 2.05) is 91.0 Å². The summed E-state index contributed by atoms with van der Waals surface area (Å²) >= 11 is 0. The van der Waals surface area contributed by atoms with Crippen LogP contribution in [0.25, 0.3) is 0 Å². The Bertz CT molecular complexity index is 1260. The Morgan fingerprint density at radius 2 is 1.26 bits per heavy atom. The highest BCUT2D eigenvalue weighted by atomic mass is 16.5. The van der Waals surface area contributed by atoms with Crippen molar-refractivity contribution in [3.05, 3.63) is 126 Å². The van der Waals surface area contributed by atoms with Crippen molar-refractivity contribution in [2.24, 2.45) is 0 Å². The van der Waals surface area contributed by atoms with E-state index in [2.05, 4.69) is 10.6 Å². The summed E-state index contributed by atoms with van der Waals surface area (Å²) in [6.07, 6.45) is 1.81. The number of amides is 2. The van der Waals surface area contributed by atoms with Crippen LogP contribution in [-0.4, -0.2) is 24.5 Å². The Balaban J connectivity index is 1.32. The maximum atomic E-state index is 13.1. The molecule has 0 saturated heterocycles. The number of carbonyl (C=O) groups is 2. The van der Waals surface area contributed by atoms with Crippen molar-refractivity contribution < 1.29 is 19.1 Å². The van der Waals surface area contributed by atoms with Gasteiger partial charge in [0.15, 0.2) is 0 Å². The van der Waals surface area contributed by atoms with Gasteiger partial charge in [-0.2, -0.15) is 0 Å². The molecule has 6 nitrogen and oxygen atoms in total. The lowest BCUT2D eigenvalue weighted by Crippen LogP contribution is -2.46. The van der Waals surface area contributed by atoms with E-state index in [1.165, 1.54) is 5.56 Å². The van der Waals surface area contributed by atoms with Gasteiger partial charge in [0, 0.05) is 12.1 Å². The number of hydrogen-bond acceptors (Lipinski definition) is 4. The maximum Gasteiger partial charge on any atom is 0.249 e. The predicted octanol–water partition coefficient (Wildman–Crippen LogP) is 6.14. The number of nitrogens with one attached hydrogen (secondary N) is 2. The molecular formula is C32H32N2O4. The van der Waals surface area contributed by atoms with Crippen LogP contribution in [0.5, 0.6) is 11.5 Å². The summed E-state index contributed by atoms with van der Waals surface area (Å²) in [5.41, 5.74) is 2.78. The lowest BCUT2D eigenvalue weighted by molar-refractivity contribution is -0.128. The number of hydrogen-bond donors (Lipinski definition) is 2. The summed E-state index contributed by atoms with van der Waals surface area (Å²) in [5, 5.41) is 5.73. The van der Waals surface area contributed by atoms with E-state index >= 15 is 0 Å². The molecule has 0 aromatic heterocycles. The van der Waals surface area contributed by atoms with E-state index in [4.69, 9.17) is 9.47 Å². The van der Waals surface area contributed by atoms with Gasteiger partial charge in [-0.3, -0.25) is 9.59 Å². The average Bonchev–Trinajstić information content (AvgIpc) is 2.95. The molecule has 0 fully saturated rings. The summed E-state index contributed by atoms with van der Waals surface area (Å²) in [6, 6.07) is 35.5. The number of benzene rings is 4. The van der Waals surface area contributed by atoms with Crippen molar-refractivity contribution in [3.8, 4) is 11.5 Å². The van der Waals surface area contributed by atoms with Gasteiger partial charge in [-0.1, -0.05) is 78.9 Å². The van der Waals surface area contributed by atoms with E-state index in [0.29, 0.717) is 30.9 Å². The lowest BCUT2D eigenvalue weighted by atomic mass is 10.1. The minimum absolute atomic E-state index is 0.0559. The number of para-hydroxylation sites is 1. The number of anilines is 1. The van der Waals surface area contributed by atoms with Crippen LogP contribution < -0.4 is 15.4 Å². The van der Waals surface area contributed by atoms with Crippen LogP contribution in [0.15, 0.2) is 115 Å². The lowest BCUT2D eigenvalue weighted by Gasteiger charge is -2.19. The fourth-order valence-corrected chi connectivity index (χ4v) is 3.88. The standard InChI is InChI=1S/C32H32N2O4/c35-31(18-10-15-25-11-4-1-5-12-25)34-30(24-37-23-26-13-6-2-7-14-26)32(36)33-27-19-21-29(22-20-27)38-28-16-8-3-9-17-28/h1-9,11-14,16-17,19-22,30H,10,15,18,23-24H2,(H,33,36)(H,34,35). The van der Waals surface area contributed by atoms with E-state index < -0.39 is 6.04 Å². The largest absolute Gasteiger partial charge is 0.457 e. The fraction of sp³-hybridized carbons (Fsp3) is 0.188. The highest BCUT2D eigenvalue weighted by Gasteiger charge is 2.21. The molecule has 1 atom stereocenters. The monoisotopic (exact) mass is 508 g/mol. The third-order valence-corrected chi connectivity index (χ3v) is 5.86. The first-order chi connectivity index (χ1) is 18.7. The zero-order valence-corrected chi connectivity index (χ0v) is 21.2. The topological polar surface area (TPSA) is 76.7 Å². The second kappa shape index (κ2) is 14.4. The Morgan fingerprint density at radius 1 is 0.684 bits per heavy atom. The minimum atomic E-state index is -0.830. The van der Waals surface area contributed by atoms with Gasteiger partial charge in [0.1, 0.15) is 17.5 Å². The van der Waals surface area contributed by atoms with Crippen molar-refractivity contribution >= 4 is 17.5 Å². The van der Waals surface area contributed by atoms with Gasteiger partial charge in [0.2, 0.25) is 11.8 Å². The van der Waals surface area contributed by atoms with Crippen molar-refractivity contribution in [2.75, 3.05) is 11.9 Å². The summed E-state index contributed by atoms with van der Waals surface area (Å²) in [6.45, 7) is 0.403. The molecular weight excluding hydrogens is 476 g/mol. The van der Waals surface area contributed by atoms with Crippen LogP contribution in [0.2, 0.25) is 0 Å². The second-order valence-corrected chi connectivity index (χ2v) is 8.89. The number of aryl methyl sites for hydroxylation is 1. The normalized spacial score (nSPS) is 11.4. The molecule has 4 aromatic rings. The highest BCUT2D eigenvalue weighted by Crippen LogP contribution is 2.22. The summed E-state index contributed by atoms with van der Waals surface area (Å²) in [5.74, 6) is 0.862. The van der Waals surface area contributed by atoms with Gasteiger partial charge in [-0.15, -0.1) is 0 Å². The molecule has 0 radical (unpaired) electrons. The Morgan fingerprint density at radius 3 is 1.92 bits per heavy atom. The third kappa shape index (κ3) is 8.91. The van der Waals surface area contributed by atoms with Gasteiger partial charge in [-0.05, 0) is 60.4 Å². The van der Waals surface area contributed by atoms with E-state index in [-0.39, 0.29) is 18.4 Å². The van der Waals surface area contributed by atoms with Crippen LogP contribution in [0, 0.1) is 0 Å². The van der Waals surface area contributed by atoms with Crippen molar-refractivity contribution in [3.63, 3.8) is 0 Å². The molecule has 1 unspecified atom stereocenters. The summed E-state index contributed by atoms with van der Waals surface area (Å²) in [4.78, 5) is 25.8. The van der Waals surface area contributed by atoms with Crippen LogP contribution in [-0.2, 0) is 27.4 Å². The Kier molecular flexibility index (Phi) is 10.1. The van der Waals surface area contributed by atoms with Crippen LogP contribution in [0.3, 0.4) is 0 Å². The smallest absolute Gasteiger partial charge is 0.249 e. The van der Waals surface area contributed by atoms with Crippen LogP contribution in [0.4, 0.5) is 5.69 Å². The fourth-order valence-electron chi connectivity index (χ4n) is 3.88. The first-order valence-electron chi connectivity index (χ1n) is 12.7. The molecule has 6 heteroatoms. The molecule has 0 saturated carbocycles. The van der Waals surface area contributed by atoms with E-state index in [0.717, 1.165) is 17.7 Å². The summed E-state index contributed by atoms with van der Waals surface area (Å²) in [7, 11) is 0. The quantitative estimate of drug-likeness (QED) is 0.227. The minimum Gasteiger partial charge on any atom is -0.457 e. The molecule has 0 aliphatic carbocycles. The van der Waals surface area contributed by atoms with Crippen molar-refractivity contribution in [1.29, 1.82) is 0 Å². The number of carbonyl (C=O) groups excluding carboxylic acids is 2. The predicted molar refractivity (Wildman–Crippen MR) is 149 cm³/mol. The van der Waals surface area contributed by atoms with Gasteiger partial charge in [0.25, 0.3) is 0 Å². The molecule has 0 aliphatic heterocycles. The van der Waals surface area contributed by atoms with Crippen LogP contribution in [0.1, 0.15) is 24.0 Å². The molecule has 2 amide bonds. The molecule has 2 N–H and O–H groups in total. The molecule has 0 spiro atoms. The second-order valence-electron chi connectivity index (χ2n) is 8.89. The summed E-state index contributed by atoms with van der Waals surface area (Å²) < 4.78 is 11.6. The Hall–Kier alpha value is -4.42. The first-order valence-corrected chi connectivity index (χ1v) is 12.7. The molecule has 0 bridgehead atoms. The van der Waals surface area contributed by atoms with Crippen LogP contribution >= 0.6 is 0 Å². The van der Waals surface area contributed by atoms with Gasteiger partial charge in [0.05, 0.1) is 13.2 Å². The van der Waals surface area contributed by atoms with Crippen molar-refractivity contribution in [2.45, 2.75) is 31.9 Å². The molecule has 38 heavy (non-hydrogen) atoms. The maximum absolute atomic E-state index is 13.1. The van der Waals surface area contributed by atoms with Gasteiger partial charge >= 0.3 is 0 Å².